The van der Waals surface area contributed by atoms with E-state index in [-0.39, 0.29) is 29.7 Å². The Bertz CT molecular complexity index is 789. The minimum absolute atomic E-state index is 0.139. The Labute approximate surface area is 173 Å². The average Bonchev–Trinajstić information content (AvgIpc) is 3.10. The van der Waals surface area contributed by atoms with E-state index in [2.05, 4.69) is 5.32 Å². The molecule has 1 atom stereocenters. The van der Waals surface area contributed by atoms with Gasteiger partial charge in [-0.1, -0.05) is 13.8 Å². The molecular weight excluding hydrogens is 394 g/mol. The Morgan fingerprint density at radius 3 is 2.38 bits per heavy atom. The second-order valence-corrected chi connectivity index (χ2v) is 9.03. The van der Waals surface area contributed by atoms with Gasteiger partial charge in [0.1, 0.15) is 0 Å². The SMILES string of the molecule is CCCN(CCC)S(=O)(=O)c1ccc(N2C[C@@H](C(=O)NCCOC)CC2=O)cc1. The minimum Gasteiger partial charge on any atom is -0.383 e. The Morgan fingerprint density at radius 1 is 1.21 bits per heavy atom. The molecule has 29 heavy (non-hydrogen) atoms. The zero-order chi connectivity index (χ0) is 21.4. The summed E-state index contributed by atoms with van der Waals surface area (Å²) >= 11 is 0. The smallest absolute Gasteiger partial charge is 0.243 e. The maximum atomic E-state index is 12.9. The van der Waals surface area contributed by atoms with Gasteiger partial charge in [0.15, 0.2) is 0 Å². The Balaban J connectivity index is 2.09. The van der Waals surface area contributed by atoms with Crippen LogP contribution in [0.1, 0.15) is 33.1 Å². The number of carbonyl (C=O) groups is 2. The van der Waals surface area contributed by atoms with Crippen LogP contribution in [0.5, 0.6) is 0 Å². The number of benzene rings is 1. The highest BCUT2D eigenvalue weighted by molar-refractivity contribution is 7.89. The van der Waals surface area contributed by atoms with Crippen molar-refractivity contribution in [1.82, 2.24) is 9.62 Å². The second-order valence-electron chi connectivity index (χ2n) is 7.09. The highest BCUT2D eigenvalue weighted by Crippen LogP contribution is 2.27. The van der Waals surface area contributed by atoms with Crippen molar-refractivity contribution in [2.24, 2.45) is 5.92 Å². The molecule has 1 N–H and O–H groups in total. The third kappa shape index (κ3) is 5.77. The van der Waals surface area contributed by atoms with Crippen molar-refractivity contribution in [2.75, 3.05) is 44.8 Å². The van der Waals surface area contributed by atoms with E-state index >= 15 is 0 Å². The monoisotopic (exact) mass is 425 g/mol. The maximum absolute atomic E-state index is 12.9. The van der Waals surface area contributed by atoms with E-state index in [0.29, 0.717) is 31.9 Å². The predicted octanol–water partition coefficient (Wildman–Crippen LogP) is 1.61. The molecule has 0 aliphatic carbocycles. The van der Waals surface area contributed by atoms with Gasteiger partial charge in [-0.25, -0.2) is 8.42 Å². The number of carbonyl (C=O) groups excluding carboxylic acids is 2. The van der Waals surface area contributed by atoms with E-state index in [4.69, 9.17) is 4.74 Å². The lowest BCUT2D eigenvalue weighted by molar-refractivity contribution is -0.126. The fourth-order valence-corrected chi connectivity index (χ4v) is 4.98. The van der Waals surface area contributed by atoms with Crippen LogP contribution in [0.25, 0.3) is 0 Å². The number of amides is 2. The Hall–Kier alpha value is -1.97. The fourth-order valence-electron chi connectivity index (χ4n) is 3.35. The summed E-state index contributed by atoms with van der Waals surface area (Å²) in [5, 5.41) is 2.76. The van der Waals surface area contributed by atoms with Crippen molar-refractivity contribution in [3.8, 4) is 0 Å². The van der Waals surface area contributed by atoms with Crippen LogP contribution in [0.2, 0.25) is 0 Å². The van der Waals surface area contributed by atoms with Crippen molar-refractivity contribution in [1.29, 1.82) is 0 Å². The van der Waals surface area contributed by atoms with Crippen LogP contribution in [0, 0.1) is 5.92 Å². The Morgan fingerprint density at radius 2 is 1.83 bits per heavy atom. The van der Waals surface area contributed by atoms with E-state index in [1.54, 1.807) is 19.2 Å². The molecule has 1 fully saturated rings. The van der Waals surface area contributed by atoms with Crippen LogP contribution in [0.15, 0.2) is 29.2 Å². The first-order chi connectivity index (χ1) is 13.8. The molecule has 1 aromatic rings. The summed E-state index contributed by atoms with van der Waals surface area (Å²) in [5.41, 5.74) is 0.596. The van der Waals surface area contributed by atoms with Gasteiger partial charge in [-0.05, 0) is 37.1 Å². The van der Waals surface area contributed by atoms with Crippen molar-refractivity contribution in [3.05, 3.63) is 24.3 Å². The van der Waals surface area contributed by atoms with E-state index in [9.17, 15) is 18.0 Å². The summed E-state index contributed by atoms with van der Waals surface area (Å²) in [4.78, 5) is 26.3. The molecule has 0 radical (unpaired) electrons. The summed E-state index contributed by atoms with van der Waals surface area (Å²) in [6.07, 6.45) is 1.63. The molecule has 0 aromatic heterocycles. The highest BCUT2D eigenvalue weighted by atomic mass is 32.2. The van der Waals surface area contributed by atoms with Crippen LogP contribution in [0.3, 0.4) is 0 Å². The largest absolute Gasteiger partial charge is 0.383 e. The summed E-state index contributed by atoms with van der Waals surface area (Å²) in [6, 6.07) is 6.32. The van der Waals surface area contributed by atoms with Gasteiger partial charge in [0.25, 0.3) is 0 Å². The standard InChI is InChI=1S/C20H31N3O5S/c1-4-11-22(12-5-2)29(26,27)18-8-6-17(7-9-18)23-15-16(14-19(23)24)20(25)21-10-13-28-3/h6-9,16H,4-5,10-15H2,1-3H3,(H,21,25)/t16-/m0/s1. The molecular formula is C20H31N3O5S. The molecule has 0 bridgehead atoms. The zero-order valence-corrected chi connectivity index (χ0v) is 18.2. The summed E-state index contributed by atoms with van der Waals surface area (Å²) in [7, 11) is -2.01. The van der Waals surface area contributed by atoms with Crippen LogP contribution in [-0.4, -0.2) is 64.4 Å². The molecule has 0 unspecified atom stereocenters. The van der Waals surface area contributed by atoms with E-state index in [0.717, 1.165) is 12.8 Å². The molecule has 1 aliphatic heterocycles. The third-order valence-corrected chi connectivity index (χ3v) is 6.75. The van der Waals surface area contributed by atoms with E-state index < -0.39 is 15.9 Å². The van der Waals surface area contributed by atoms with Crippen LogP contribution >= 0.6 is 0 Å². The van der Waals surface area contributed by atoms with Crippen LogP contribution in [-0.2, 0) is 24.3 Å². The predicted molar refractivity (Wildman–Crippen MR) is 111 cm³/mol. The molecule has 8 nitrogen and oxygen atoms in total. The average molecular weight is 426 g/mol. The fraction of sp³-hybridized carbons (Fsp3) is 0.600. The number of anilines is 1. The van der Waals surface area contributed by atoms with Crippen molar-refractivity contribution < 1.29 is 22.7 Å². The lowest BCUT2D eigenvalue weighted by atomic mass is 10.1. The number of ether oxygens (including phenoxy) is 1. The van der Waals surface area contributed by atoms with E-state index in [1.807, 2.05) is 13.8 Å². The molecule has 0 saturated carbocycles. The van der Waals surface area contributed by atoms with Gasteiger partial charge in [0.05, 0.1) is 17.4 Å². The molecule has 9 heteroatoms. The van der Waals surface area contributed by atoms with Gasteiger partial charge >= 0.3 is 0 Å². The molecule has 2 amide bonds. The lowest BCUT2D eigenvalue weighted by Crippen LogP contribution is -2.34. The molecule has 1 aromatic carbocycles. The molecule has 0 spiro atoms. The van der Waals surface area contributed by atoms with Gasteiger partial charge in [-0.2, -0.15) is 4.31 Å². The van der Waals surface area contributed by atoms with Gasteiger partial charge in [-0.3, -0.25) is 9.59 Å². The summed E-state index contributed by atoms with van der Waals surface area (Å²) in [5.74, 6) is -0.745. The number of rotatable bonds is 11. The number of sulfonamides is 1. The van der Waals surface area contributed by atoms with Crippen molar-refractivity contribution in [2.45, 2.75) is 38.0 Å². The molecule has 162 valence electrons. The minimum atomic E-state index is -3.56. The zero-order valence-electron chi connectivity index (χ0n) is 17.4. The topological polar surface area (TPSA) is 96.0 Å². The van der Waals surface area contributed by atoms with Gasteiger partial charge < -0.3 is 15.0 Å². The second kappa shape index (κ2) is 10.7. The maximum Gasteiger partial charge on any atom is 0.243 e. The lowest BCUT2D eigenvalue weighted by Gasteiger charge is -2.22. The molecule has 1 heterocycles. The van der Waals surface area contributed by atoms with Gasteiger partial charge in [-0.15, -0.1) is 0 Å². The Kier molecular flexibility index (Phi) is 8.60. The molecule has 2 rings (SSSR count). The van der Waals surface area contributed by atoms with E-state index in [1.165, 1.54) is 21.3 Å². The number of methoxy groups -OCH3 is 1. The number of nitrogens with one attached hydrogen (secondary N) is 1. The quantitative estimate of drug-likeness (QED) is 0.544. The summed E-state index contributed by atoms with van der Waals surface area (Å²) in [6.45, 7) is 5.94. The first kappa shape index (κ1) is 23.3. The highest BCUT2D eigenvalue weighted by Gasteiger charge is 2.35. The van der Waals surface area contributed by atoms with Crippen molar-refractivity contribution in [3.63, 3.8) is 0 Å². The number of hydrogen-bond donors (Lipinski definition) is 1. The molecule has 1 saturated heterocycles. The molecule has 1 aliphatic rings. The first-order valence-corrected chi connectivity index (χ1v) is 11.5. The number of nitrogens with zero attached hydrogens (tertiary/aromatic N) is 2. The number of hydrogen-bond acceptors (Lipinski definition) is 5. The van der Waals surface area contributed by atoms with Crippen molar-refractivity contribution >= 4 is 27.5 Å². The normalized spacial score (nSPS) is 17.2. The summed E-state index contributed by atoms with van der Waals surface area (Å²) < 4.78 is 32.1. The third-order valence-electron chi connectivity index (χ3n) is 4.83. The van der Waals surface area contributed by atoms with Crippen LogP contribution in [0.4, 0.5) is 5.69 Å². The van der Waals surface area contributed by atoms with Gasteiger partial charge in [0, 0.05) is 45.4 Å². The van der Waals surface area contributed by atoms with Crippen LogP contribution < -0.4 is 10.2 Å². The van der Waals surface area contributed by atoms with Gasteiger partial charge in [0.2, 0.25) is 21.8 Å². The first-order valence-electron chi connectivity index (χ1n) is 10.0.